The van der Waals surface area contributed by atoms with Gasteiger partial charge in [0.05, 0.1) is 0 Å². The summed E-state index contributed by atoms with van der Waals surface area (Å²) < 4.78 is 22.0. The molecule has 0 aliphatic carbocycles. The monoisotopic (exact) mass is 345 g/mol. The minimum absolute atomic E-state index is 0.00918. The molecule has 9 heteroatoms. The number of nitrogens with zero attached hydrogens (tertiary/aromatic N) is 1. The minimum atomic E-state index is -4.90. The summed E-state index contributed by atoms with van der Waals surface area (Å²) in [4.78, 5) is 35.6. The first kappa shape index (κ1) is 21.3. The Bertz CT molecular complexity index is 332. The van der Waals surface area contributed by atoms with Crippen molar-refractivity contribution in [2.24, 2.45) is 0 Å². The highest BCUT2D eigenvalue weighted by Crippen LogP contribution is 2.57. The summed E-state index contributed by atoms with van der Waals surface area (Å²) in [6, 6.07) is 0. The molecule has 4 N–H and O–H groups in total. The zero-order valence-electron chi connectivity index (χ0n) is 12.7. The Morgan fingerprint density at radius 3 is 1.33 bits per heavy atom. The van der Waals surface area contributed by atoms with Crippen molar-refractivity contribution >= 4 is 15.5 Å². The molecule has 0 heterocycles. The van der Waals surface area contributed by atoms with E-state index in [9.17, 15) is 9.13 Å². The van der Waals surface area contributed by atoms with Gasteiger partial charge in [-0.3, -0.25) is 0 Å². The summed E-state index contributed by atoms with van der Waals surface area (Å²) >= 11 is 0. The number of unbranched alkanes of at least 4 members (excludes halogenated alkanes) is 9. The lowest BCUT2D eigenvalue weighted by Gasteiger charge is -2.23. The van der Waals surface area contributed by atoms with E-state index in [0.29, 0.717) is 12.8 Å². The van der Waals surface area contributed by atoms with Crippen LogP contribution in [0.5, 0.6) is 0 Å². The molecule has 0 saturated heterocycles. The van der Waals surface area contributed by atoms with Gasteiger partial charge >= 0.3 is 15.5 Å². The second kappa shape index (κ2) is 10.9. The maximum atomic E-state index is 11.0. The van der Waals surface area contributed by atoms with Crippen LogP contribution in [0.2, 0.25) is 0 Å². The zero-order chi connectivity index (χ0) is 16.4. The molecule has 0 bridgehead atoms. The smallest absolute Gasteiger partial charge is 0.312 e. The minimum Gasteiger partial charge on any atom is -0.312 e. The molecule has 7 nitrogen and oxygen atoms in total. The summed E-state index contributed by atoms with van der Waals surface area (Å²) in [6.07, 6.45) is 10.4. The molecule has 0 fully saturated rings. The van der Waals surface area contributed by atoms with Crippen molar-refractivity contribution < 1.29 is 28.7 Å². The molecule has 0 unspecified atom stereocenters. The molecule has 0 rings (SSSR count). The molecule has 0 aromatic heterocycles. The van der Waals surface area contributed by atoms with Crippen LogP contribution in [0.1, 0.15) is 71.1 Å². The third-order valence-corrected chi connectivity index (χ3v) is 6.31. The van der Waals surface area contributed by atoms with Gasteiger partial charge in [0.25, 0.3) is 0 Å². The van der Waals surface area contributed by atoms with Crippen molar-refractivity contribution in [2.75, 3.05) is 6.54 Å². The maximum absolute atomic E-state index is 11.0. The molecule has 0 aromatic rings. The molecule has 0 amide bonds. The van der Waals surface area contributed by atoms with E-state index in [1.807, 2.05) is 0 Å². The van der Waals surface area contributed by atoms with Crippen molar-refractivity contribution in [2.45, 2.75) is 71.1 Å². The largest absolute Gasteiger partial charge is 0.412 e. The molecule has 0 aromatic carbocycles. The van der Waals surface area contributed by atoms with Crippen LogP contribution < -0.4 is 0 Å². The third kappa shape index (κ3) is 11.5. The van der Waals surface area contributed by atoms with Gasteiger partial charge in [0.15, 0.2) is 0 Å². The van der Waals surface area contributed by atoms with Gasteiger partial charge in [0.2, 0.25) is 0 Å². The Kier molecular flexibility index (Phi) is 11.0. The van der Waals surface area contributed by atoms with Crippen molar-refractivity contribution in [1.82, 2.24) is 4.44 Å². The maximum Gasteiger partial charge on any atom is 0.412 e. The molecular weight excluding hydrogens is 316 g/mol. The van der Waals surface area contributed by atoms with Gasteiger partial charge in [0, 0.05) is 6.54 Å². The van der Waals surface area contributed by atoms with Gasteiger partial charge in [-0.05, 0) is 6.42 Å². The second-order valence-electron chi connectivity index (χ2n) is 5.30. The number of hydrogen-bond acceptors (Lipinski definition) is 2. The predicted molar refractivity (Wildman–Crippen MR) is 82.6 cm³/mol. The van der Waals surface area contributed by atoms with E-state index in [1.54, 1.807) is 0 Å². The van der Waals surface area contributed by atoms with Crippen LogP contribution in [0.3, 0.4) is 0 Å². The first-order valence-corrected chi connectivity index (χ1v) is 10.7. The highest BCUT2D eigenvalue weighted by Gasteiger charge is 2.38. The van der Waals surface area contributed by atoms with E-state index in [1.165, 1.54) is 32.1 Å². The van der Waals surface area contributed by atoms with E-state index in [2.05, 4.69) is 6.92 Å². The molecule has 0 spiro atoms. The lowest BCUT2D eigenvalue weighted by atomic mass is 10.1. The normalized spacial score (nSPS) is 13.0. The van der Waals surface area contributed by atoms with Crippen LogP contribution in [0.15, 0.2) is 0 Å². The first-order valence-electron chi connectivity index (χ1n) is 7.59. The SMILES string of the molecule is CCCCCCCCCCCCN(P(=O)(O)O)P(=O)(O)O. The Morgan fingerprint density at radius 1 is 0.667 bits per heavy atom. The highest BCUT2D eigenvalue weighted by atomic mass is 31.3. The number of rotatable bonds is 13. The zero-order valence-corrected chi connectivity index (χ0v) is 14.5. The fourth-order valence-corrected chi connectivity index (χ4v) is 4.17. The van der Waals surface area contributed by atoms with E-state index < -0.39 is 15.5 Å². The van der Waals surface area contributed by atoms with Gasteiger partial charge in [-0.15, -0.1) is 4.44 Å². The highest BCUT2D eigenvalue weighted by molar-refractivity contribution is 7.65. The van der Waals surface area contributed by atoms with Gasteiger partial charge in [-0.2, -0.15) is 0 Å². The summed E-state index contributed by atoms with van der Waals surface area (Å²) in [5.41, 5.74) is 0. The third-order valence-electron chi connectivity index (χ3n) is 3.31. The van der Waals surface area contributed by atoms with E-state index in [4.69, 9.17) is 19.6 Å². The fourth-order valence-electron chi connectivity index (χ4n) is 2.15. The molecule has 128 valence electrons. The van der Waals surface area contributed by atoms with Crippen LogP contribution in [-0.4, -0.2) is 30.6 Å². The Labute approximate surface area is 127 Å². The Balaban J connectivity index is 3.70. The average molecular weight is 345 g/mol. The molecule has 21 heavy (non-hydrogen) atoms. The van der Waals surface area contributed by atoms with Crippen molar-refractivity contribution in [3.05, 3.63) is 0 Å². The molecule has 0 atom stereocenters. The van der Waals surface area contributed by atoms with Crippen LogP contribution in [0.4, 0.5) is 0 Å². The molecular formula is C12H29NO6P2. The Morgan fingerprint density at radius 2 is 1.00 bits per heavy atom. The van der Waals surface area contributed by atoms with Crippen LogP contribution in [0, 0.1) is 0 Å². The summed E-state index contributed by atoms with van der Waals surface area (Å²) in [5, 5.41) is 0. The van der Waals surface area contributed by atoms with Crippen LogP contribution in [0.25, 0.3) is 0 Å². The van der Waals surface area contributed by atoms with E-state index in [-0.39, 0.29) is 11.0 Å². The van der Waals surface area contributed by atoms with E-state index in [0.717, 1.165) is 19.3 Å². The lowest BCUT2D eigenvalue weighted by Crippen LogP contribution is -2.18. The average Bonchev–Trinajstić information content (AvgIpc) is 2.32. The molecule has 0 radical (unpaired) electrons. The Hall–Kier alpha value is 0.260. The van der Waals surface area contributed by atoms with Crippen molar-refractivity contribution in [3.8, 4) is 0 Å². The summed E-state index contributed by atoms with van der Waals surface area (Å²) in [5.74, 6) is 0. The van der Waals surface area contributed by atoms with Crippen molar-refractivity contribution in [1.29, 1.82) is 0 Å². The molecule has 0 aliphatic rings. The fraction of sp³-hybridized carbons (Fsp3) is 1.00. The summed E-state index contributed by atoms with van der Waals surface area (Å²) in [6.45, 7) is 1.89. The van der Waals surface area contributed by atoms with Gasteiger partial charge in [-0.25, -0.2) is 9.13 Å². The number of hydrogen-bond donors (Lipinski definition) is 4. The molecule has 0 aliphatic heterocycles. The topological polar surface area (TPSA) is 118 Å². The van der Waals surface area contributed by atoms with Crippen LogP contribution >= 0.6 is 15.5 Å². The van der Waals surface area contributed by atoms with Crippen LogP contribution in [-0.2, 0) is 9.13 Å². The van der Waals surface area contributed by atoms with Gasteiger partial charge < -0.3 is 19.6 Å². The predicted octanol–water partition coefficient (Wildman–Crippen LogP) is 3.39. The first-order chi connectivity index (χ1) is 9.69. The standard InChI is InChI=1S/C12H29NO6P2/c1-2-3-4-5-6-7-8-9-10-11-12-13(20(14,15)16)21(17,18)19/h2-12H2,1H3,(H2,14,15,16)(H2,17,18,19). The lowest BCUT2D eigenvalue weighted by molar-refractivity contribution is 0.266. The molecule has 0 saturated carbocycles. The van der Waals surface area contributed by atoms with Gasteiger partial charge in [0.1, 0.15) is 0 Å². The van der Waals surface area contributed by atoms with E-state index >= 15 is 0 Å². The van der Waals surface area contributed by atoms with Crippen molar-refractivity contribution in [3.63, 3.8) is 0 Å². The second-order valence-corrected chi connectivity index (χ2v) is 8.64. The quantitative estimate of drug-likeness (QED) is 0.298. The van der Waals surface area contributed by atoms with Gasteiger partial charge in [-0.1, -0.05) is 64.7 Å². The summed E-state index contributed by atoms with van der Waals surface area (Å²) in [7, 11) is -9.81.